The van der Waals surface area contributed by atoms with E-state index in [2.05, 4.69) is 10.6 Å². The van der Waals surface area contributed by atoms with Gasteiger partial charge in [0.15, 0.2) is 0 Å². The molecule has 0 aliphatic rings. The highest BCUT2D eigenvalue weighted by Crippen LogP contribution is 2.22. The number of rotatable bonds is 7. The molecule has 19 heavy (non-hydrogen) atoms. The van der Waals surface area contributed by atoms with E-state index in [0.29, 0.717) is 0 Å². The van der Waals surface area contributed by atoms with Crippen LogP contribution in [0, 0.1) is 0 Å². The Hall–Kier alpha value is -1.56. The number of primary amides is 1. The van der Waals surface area contributed by atoms with Gasteiger partial charge >= 0.3 is 6.03 Å². The highest BCUT2D eigenvalue weighted by molar-refractivity contribution is 7.10. The third-order valence-electron chi connectivity index (χ3n) is 2.94. The number of nitrogens with one attached hydrogen (secondary N) is 2. The minimum Gasteiger partial charge on any atom is -0.353 e. The maximum absolute atomic E-state index is 12.0. The second-order valence-corrected chi connectivity index (χ2v) is 5.34. The summed E-state index contributed by atoms with van der Waals surface area (Å²) < 4.78 is 0. The van der Waals surface area contributed by atoms with Gasteiger partial charge in [-0.15, -0.1) is 11.3 Å². The normalized spacial score (nSPS) is 12.2. The number of nitrogens with two attached hydrogens (primary N) is 1. The predicted molar refractivity (Wildman–Crippen MR) is 76.9 cm³/mol. The molecule has 1 unspecified atom stereocenters. The van der Waals surface area contributed by atoms with E-state index < -0.39 is 6.03 Å². The molecule has 106 valence electrons. The van der Waals surface area contributed by atoms with Crippen LogP contribution in [0.4, 0.5) is 4.79 Å². The number of carbonyl (C=O) groups is 2. The minimum atomic E-state index is -0.617. The molecule has 0 saturated carbocycles. The molecule has 0 bridgehead atoms. The standard InChI is InChI=1S/C13H21N3O2S/c1-3-9(4-2)15-12(17)8-10(16-13(14)18)11-6-5-7-19-11/h5-7,9-10H,3-4,8H2,1-2H3,(H,15,17)(H3,14,16,18). The van der Waals surface area contributed by atoms with E-state index in [1.54, 1.807) is 0 Å². The van der Waals surface area contributed by atoms with Crippen LogP contribution in [0.25, 0.3) is 0 Å². The largest absolute Gasteiger partial charge is 0.353 e. The van der Waals surface area contributed by atoms with Crippen molar-refractivity contribution in [2.75, 3.05) is 0 Å². The van der Waals surface area contributed by atoms with Crippen molar-refractivity contribution in [2.45, 2.75) is 45.2 Å². The summed E-state index contributed by atoms with van der Waals surface area (Å²) in [5.74, 6) is -0.0687. The molecular formula is C13H21N3O2S. The summed E-state index contributed by atoms with van der Waals surface area (Å²) in [6.45, 7) is 4.07. The van der Waals surface area contributed by atoms with Crippen LogP contribution < -0.4 is 16.4 Å². The van der Waals surface area contributed by atoms with Gasteiger partial charge in [0, 0.05) is 10.9 Å². The number of hydrogen-bond acceptors (Lipinski definition) is 3. The Bertz CT molecular complexity index is 402. The van der Waals surface area contributed by atoms with Gasteiger partial charge in [-0.3, -0.25) is 4.79 Å². The van der Waals surface area contributed by atoms with Crippen LogP contribution in [0.1, 0.15) is 44.0 Å². The Balaban J connectivity index is 2.62. The lowest BCUT2D eigenvalue weighted by atomic mass is 10.1. The van der Waals surface area contributed by atoms with Crippen LogP contribution >= 0.6 is 11.3 Å². The van der Waals surface area contributed by atoms with Crippen molar-refractivity contribution in [1.82, 2.24) is 10.6 Å². The molecule has 6 heteroatoms. The van der Waals surface area contributed by atoms with Gasteiger partial charge in [-0.05, 0) is 24.3 Å². The second-order valence-electron chi connectivity index (χ2n) is 4.36. The van der Waals surface area contributed by atoms with Gasteiger partial charge in [0.05, 0.1) is 12.5 Å². The summed E-state index contributed by atoms with van der Waals surface area (Å²) in [7, 11) is 0. The number of hydrogen-bond donors (Lipinski definition) is 3. The summed E-state index contributed by atoms with van der Waals surface area (Å²) in [6, 6.07) is 2.98. The average Bonchev–Trinajstić information content (AvgIpc) is 2.88. The van der Waals surface area contributed by atoms with Gasteiger partial charge in [0.25, 0.3) is 0 Å². The fraction of sp³-hybridized carbons (Fsp3) is 0.538. The summed E-state index contributed by atoms with van der Waals surface area (Å²) in [5.41, 5.74) is 5.15. The van der Waals surface area contributed by atoms with Crippen molar-refractivity contribution < 1.29 is 9.59 Å². The SMILES string of the molecule is CCC(CC)NC(=O)CC(NC(N)=O)c1cccs1. The third kappa shape index (κ3) is 5.30. The molecule has 1 aromatic heterocycles. The Morgan fingerprint density at radius 1 is 1.32 bits per heavy atom. The van der Waals surface area contributed by atoms with Gasteiger partial charge in [0.1, 0.15) is 0 Å². The molecule has 0 aliphatic heterocycles. The maximum Gasteiger partial charge on any atom is 0.312 e. The molecule has 0 aliphatic carbocycles. The summed E-state index contributed by atoms with van der Waals surface area (Å²) >= 11 is 1.50. The average molecular weight is 283 g/mol. The van der Waals surface area contributed by atoms with Gasteiger partial charge < -0.3 is 16.4 Å². The fourth-order valence-electron chi connectivity index (χ4n) is 1.85. The molecule has 5 nitrogen and oxygen atoms in total. The lowest BCUT2D eigenvalue weighted by Gasteiger charge is -2.19. The smallest absolute Gasteiger partial charge is 0.312 e. The molecule has 1 aromatic rings. The molecule has 0 spiro atoms. The molecular weight excluding hydrogens is 262 g/mol. The van der Waals surface area contributed by atoms with E-state index in [1.807, 2.05) is 31.4 Å². The number of thiophene rings is 1. The lowest BCUT2D eigenvalue weighted by Crippen LogP contribution is -2.39. The summed E-state index contributed by atoms with van der Waals surface area (Å²) in [5, 5.41) is 7.47. The van der Waals surface area contributed by atoms with Crippen LogP contribution in [-0.2, 0) is 4.79 Å². The van der Waals surface area contributed by atoms with Crippen LogP contribution in [0.15, 0.2) is 17.5 Å². The third-order valence-corrected chi connectivity index (χ3v) is 3.93. The zero-order valence-electron chi connectivity index (χ0n) is 11.3. The Kier molecular flexibility index (Phi) is 6.35. The van der Waals surface area contributed by atoms with Crippen molar-refractivity contribution in [2.24, 2.45) is 5.73 Å². The number of amides is 3. The molecule has 0 fully saturated rings. The van der Waals surface area contributed by atoms with Gasteiger partial charge in [-0.2, -0.15) is 0 Å². The molecule has 0 radical (unpaired) electrons. The van der Waals surface area contributed by atoms with Crippen molar-refractivity contribution >= 4 is 23.3 Å². The first-order chi connectivity index (χ1) is 9.06. The monoisotopic (exact) mass is 283 g/mol. The van der Waals surface area contributed by atoms with E-state index in [4.69, 9.17) is 5.73 Å². The molecule has 0 saturated heterocycles. The van der Waals surface area contributed by atoms with E-state index >= 15 is 0 Å². The van der Waals surface area contributed by atoms with Crippen molar-refractivity contribution in [3.8, 4) is 0 Å². The minimum absolute atomic E-state index is 0.0687. The fourth-order valence-corrected chi connectivity index (χ4v) is 2.63. The first kappa shape index (κ1) is 15.5. The Labute approximate surface area is 117 Å². The quantitative estimate of drug-likeness (QED) is 0.716. The van der Waals surface area contributed by atoms with Crippen molar-refractivity contribution in [1.29, 1.82) is 0 Å². The zero-order chi connectivity index (χ0) is 14.3. The van der Waals surface area contributed by atoms with Crippen LogP contribution in [-0.4, -0.2) is 18.0 Å². The molecule has 4 N–H and O–H groups in total. The van der Waals surface area contributed by atoms with Crippen LogP contribution in [0.3, 0.4) is 0 Å². The molecule has 1 atom stereocenters. The Morgan fingerprint density at radius 3 is 2.47 bits per heavy atom. The predicted octanol–water partition coefficient (Wildman–Crippen LogP) is 2.15. The topological polar surface area (TPSA) is 84.2 Å². The lowest BCUT2D eigenvalue weighted by molar-refractivity contribution is -0.122. The van der Waals surface area contributed by atoms with Crippen LogP contribution in [0.2, 0.25) is 0 Å². The highest BCUT2D eigenvalue weighted by Gasteiger charge is 2.19. The van der Waals surface area contributed by atoms with E-state index in [1.165, 1.54) is 11.3 Å². The number of carbonyl (C=O) groups excluding carboxylic acids is 2. The Morgan fingerprint density at radius 2 is 2.00 bits per heavy atom. The highest BCUT2D eigenvalue weighted by atomic mass is 32.1. The van der Waals surface area contributed by atoms with E-state index in [-0.39, 0.29) is 24.4 Å². The van der Waals surface area contributed by atoms with Gasteiger partial charge in [-0.25, -0.2) is 4.79 Å². The first-order valence-corrected chi connectivity index (χ1v) is 7.33. The van der Waals surface area contributed by atoms with E-state index in [0.717, 1.165) is 17.7 Å². The summed E-state index contributed by atoms with van der Waals surface area (Å²) in [6.07, 6.45) is 2.00. The zero-order valence-corrected chi connectivity index (χ0v) is 12.1. The number of urea groups is 1. The van der Waals surface area contributed by atoms with Crippen molar-refractivity contribution in [3.63, 3.8) is 0 Å². The molecule has 0 aromatic carbocycles. The maximum atomic E-state index is 12.0. The first-order valence-electron chi connectivity index (χ1n) is 6.45. The van der Waals surface area contributed by atoms with Gasteiger partial charge in [0.2, 0.25) is 5.91 Å². The molecule has 1 heterocycles. The molecule has 3 amide bonds. The van der Waals surface area contributed by atoms with Crippen LogP contribution in [0.5, 0.6) is 0 Å². The summed E-state index contributed by atoms with van der Waals surface area (Å²) in [4.78, 5) is 23.9. The van der Waals surface area contributed by atoms with Gasteiger partial charge in [-0.1, -0.05) is 19.9 Å². The van der Waals surface area contributed by atoms with Crippen molar-refractivity contribution in [3.05, 3.63) is 22.4 Å². The van der Waals surface area contributed by atoms with E-state index in [9.17, 15) is 9.59 Å². The second kappa shape index (κ2) is 7.78. The molecule has 1 rings (SSSR count).